The normalized spacial score (nSPS) is 10.4. The van der Waals surface area contributed by atoms with Crippen LogP contribution in [0.3, 0.4) is 0 Å². The van der Waals surface area contributed by atoms with Gasteiger partial charge in [-0.15, -0.1) is 0 Å². The lowest BCUT2D eigenvalue weighted by Crippen LogP contribution is -1.95. The summed E-state index contributed by atoms with van der Waals surface area (Å²) in [5.41, 5.74) is 0.217. The van der Waals surface area contributed by atoms with Gasteiger partial charge in [-0.3, -0.25) is 10.1 Å². The molecule has 0 spiro atoms. The SMILES string of the molecule is COc1cc(OC)c2c(Cl)c([N+](=O)[O-])cnc2c1. The van der Waals surface area contributed by atoms with Crippen LogP contribution < -0.4 is 9.47 Å². The van der Waals surface area contributed by atoms with Crippen molar-refractivity contribution in [1.82, 2.24) is 4.98 Å². The molecule has 1 heterocycles. The molecule has 1 aromatic carbocycles. The number of benzene rings is 1. The van der Waals surface area contributed by atoms with Crippen LogP contribution in [0.15, 0.2) is 18.3 Å². The molecule has 18 heavy (non-hydrogen) atoms. The number of nitro groups is 1. The van der Waals surface area contributed by atoms with Gasteiger partial charge in [-0.25, -0.2) is 4.98 Å². The lowest BCUT2D eigenvalue weighted by atomic mass is 10.1. The van der Waals surface area contributed by atoms with Gasteiger partial charge in [0.15, 0.2) is 0 Å². The first kappa shape index (κ1) is 12.4. The number of hydrogen-bond donors (Lipinski definition) is 0. The average molecular weight is 269 g/mol. The van der Waals surface area contributed by atoms with E-state index in [1.165, 1.54) is 14.2 Å². The zero-order valence-corrected chi connectivity index (χ0v) is 10.4. The van der Waals surface area contributed by atoms with E-state index in [9.17, 15) is 10.1 Å². The minimum absolute atomic E-state index is 0.00417. The largest absolute Gasteiger partial charge is 0.497 e. The lowest BCUT2D eigenvalue weighted by molar-refractivity contribution is -0.384. The van der Waals surface area contributed by atoms with Gasteiger partial charge in [-0.05, 0) is 0 Å². The molecule has 0 bridgehead atoms. The van der Waals surface area contributed by atoms with Crippen LogP contribution in [-0.4, -0.2) is 24.1 Å². The number of aromatic nitrogens is 1. The predicted molar refractivity (Wildman–Crippen MR) is 66.5 cm³/mol. The number of methoxy groups -OCH3 is 2. The molecule has 94 valence electrons. The van der Waals surface area contributed by atoms with E-state index < -0.39 is 4.92 Å². The van der Waals surface area contributed by atoms with E-state index in [1.54, 1.807) is 12.1 Å². The Morgan fingerprint density at radius 3 is 2.61 bits per heavy atom. The second kappa shape index (κ2) is 4.66. The Morgan fingerprint density at radius 1 is 1.33 bits per heavy atom. The van der Waals surface area contributed by atoms with Crippen LogP contribution in [0.1, 0.15) is 0 Å². The van der Waals surface area contributed by atoms with Gasteiger partial charge in [0.25, 0.3) is 0 Å². The number of fused-ring (bicyclic) bond motifs is 1. The summed E-state index contributed by atoms with van der Waals surface area (Å²) in [5, 5.41) is 11.2. The first-order chi connectivity index (χ1) is 8.58. The quantitative estimate of drug-likeness (QED) is 0.632. The van der Waals surface area contributed by atoms with Crippen molar-refractivity contribution in [2.24, 2.45) is 0 Å². The highest BCUT2D eigenvalue weighted by Gasteiger charge is 2.19. The third kappa shape index (κ3) is 1.91. The summed E-state index contributed by atoms with van der Waals surface area (Å²) in [4.78, 5) is 14.2. The van der Waals surface area contributed by atoms with Crippen molar-refractivity contribution in [2.75, 3.05) is 14.2 Å². The molecule has 0 unspecified atom stereocenters. The number of nitrogens with zero attached hydrogens (tertiary/aromatic N) is 2. The highest BCUT2D eigenvalue weighted by atomic mass is 35.5. The van der Waals surface area contributed by atoms with E-state index in [2.05, 4.69) is 4.98 Å². The number of hydrogen-bond acceptors (Lipinski definition) is 5. The van der Waals surface area contributed by atoms with Crippen molar-refractivity contribution >= 4 is 28.2 Å². The third-order valence-electron chi connectivity index (χ3n) is 2.48. The maximum absolute atomic E-state index is 10.8. The highest BCUT2D eigenvalue weighted by molar-refractivity contribution is 6.38. The Balaban J connectivity index is 2.84. The van der Waals surface area contributed by atoms with Crippen LogP contribution in [0.25, 0.3) is 10.9 Å². The molecule has 2 aromatic rings. The molecular formula is C11H9ClN2O4. The van der Waals surface area contributed by atoms with Gasteiger partial charge in [0.2, 0.25) is 0 Å². The fraction of sp³-hybridized carbons (Fsp3) is 0.182. The Bertz CT molecular complexity index is 630. The summed E-state index contributed by atoms with van der Waals surface area (Å²) in [6.45, 7) is 0. The molecule has 0 saturated carbocycles. The van der Waals surface area contributed by atoms with Gasteiger partial charge >= 0.3 is 5.69 Å². The molecule has 7 heteroatoms. The molecule has 0 aliphatic carbocycles. The van der Waals surface area contributed by atoms with Gasteiger partial charge in [0.1, 0.15) is 22.7 Å². The maximum atomic E-state index is 10.8. The summed E-state index contributed by atoms with van der Waals surface area (Å²) in [5.74, 6) is 0.919. The van der Waals surface area contributed by atoms with Gasteiger partial charge in [-0.1, -0.05) is 11.6 Å². The average Bonchev–Trinajstić information content (AvgIpc) is 2.37. The standard InChI is InChI=1S/C11H9ClN2O4/c1-17-6-3-7-10(9(4-6)18-2)11(12)8(5-13-7)14(15)16/h3-5H,1-2H3. The Hall–Kier alpha value is -2.08. The van der Waals surface area contributed by atoms with Gasteiger partial charge in [0, 0.05) is 12.1 Å². The van der Waals surface area contributed by atoms with E-state index >= 15 is 0 Å². The van der Waals surface area contributed by atoms with Crippen molar-refractivity contribution < 1.29 is 14.4 Å². The molecule has 0 radical (unpaired) electrons. The molecule has 0 aliphatic heterocycles. The molecule has 0 atom stereocenters. The minimum atomic E-state index is -0.585. The third-order valence-corrected chi connectivity index (χ3v) is 2.86. The molecule has 0 saturated heterocycles. The highest BCUT2D eigenvalue weighted by Crippen LogP contribution is 2.39. The maximum Gasteiger partial charge on any atom is 0.306 e. The van der Waals surface area contributed by atoms with Crippen LogP contribution in [0.4, 0.5) is 5.69 Å². The summed E-state index contributed by atoms with van der Waals surface area (Å²) in [6.07, 6.45) is 1.11. The van der Waals surface area contributed by atoms with Crippen LogP contribution in [0.2, 0.25) is 5.02 Å². The van der Waals surface area contributed by atoms with Crippen molar-refractivity contribution in [2.45, 2.75) is 0 Å². The Morgan fingerprint density at radius 2 is 2.06 bits per heavy atom. The van der Waals surface area contributed by atoms with E-state index in [0.29, 0.717) is 22.4 Å². The number of halogens is 1. The smallest absolute Gasteiger partial charge is 0.306 e. The van der Waals surface area contributed by atoms with Crippen molar-refractivity contribution in [3.05, 3.63) is 33.5 Å². The monoisotopic (exact) mass is 268 g/mol. The van der Waals surface area contributed by atoms with Gasteiger partial charge in [0.05, 0.1) is 30.0 Å². The lowest BCUT2D eigenvalue weighted by Gasteiger charge is -2.09. The Kier molecular flexibility index (Phi) is 3.20. The molecule has 0 amide bonds. The van der Waals surface area contributed by atoms with E-state index in [4.69, 9.17) is 21.1 Å². The van der Waals surface area contributed by atoms with E-state index in [1.807, 2.05) is 0 Å². The topological polar surface area (TPSA) is 74.5 Å². The fourth-order valence-electron chi connectivity index (χ4n) is 1.62. The predicted octanol–water partition coefficient (Wildman–Crippen LogP) is 2.81. The second-order valence-electron chi connectivity index (χ2n) is 3.44. The fourth-order valence-corrected chi connectivity index (χ4v) is 1.93. The number of ether oxygens (including phenoxy) is 2. The van der Waals surface area contributed by atoms with E-state index in [0.717, 1.165) is 6.20 Å². The first-order valence-corrected chi connectivity index (χ1v) is 5.31. The number of rotatable bonds is 3. The van der Waals surface area contributed by atoms with Crippen LogP contribution >= 0.6 is 11.6 Å². The zero-order chi connectivity index (χ0) is 13.3. The van der Waals surface area contributed by atoms with Crippen LogP contribution in [0.5, 0.6) is 11.5 Å². The summed E-state index contributed by atoms with van der Waals surface area (Å²) >= 11 is 6.01. The zero-order valence-electron chi connectivity index (χ0n) is 9.64. The van der Waals surface area contributed by atoms with Gasteiger partial charge < -0.3 is 9.47 Å². The molecule has 1 aromatic heterocycles. The summed E-state index contributed by atoms with van der Waals surface area (Å²) < 4.78 is 10.2. The van der Waals surface area contributed by atoms with E-state index in [-0.39, 0.29) is 10.7 Å². The second-order valence-corrected chi connectivity index (χ2v) is 3.82. The number of pyridine rings is 1. The first-order valence-electron chi connectivity index (χ1n) is 4.93. The Labute approximate surface area is 107 Å². The van der Waals surface area contributed by atoms with Crippen LogP contribution in [-0.2, 0) is 0 Å². The van der Waals surface area contributed by atoms with Crippen molar-refractivity contribution in [1.29, 1.82) is 0 Å². The molecule has 6 nitrogen and oxygen atoms in total. The molecule has 0 fully saturated rings. The van der Waals surface area contributed by atoms with Crippen molar-refractivity contribution in [3.8, 4) is 11.5 Å². The summed E-state index contributed by atoms with van der Waals surface area (Å²) in [6, 6.07) is 3.23. The van der Waals surface area contributed by atoms with Crippen LogP contribution in [0, 0.1) is 10.1 Å². The molecule has 2 rings (SSSR count). The minimum Gasteiger partial charge on any atom is -0.497 e. The molecular weight excluding hydrogens is 260 g/mol. The molecule has 0 aliphatic rings. The summed E-state index contributed by atoms with van der Waals surface area (Å²) in [7, 11) is 2.96. The van der Waals surface area contributed by atoms with Gasteiger partial charge in [-0.2, -0.15) is 0 Å². The van der Waals surface area contributed by atoms with Crippen molar-refractivity contribution in [3.63, 3.8) is 0 Å². The molecule has 0 N–H and O–H groups in total.